The van der Waals surface area contributed by atoms with E-state index in [1.165, 1.54) is 11.1 Å². The Morgan fingerprint density at radius 1 is 1.00 bits per heavy atom. The summed E-state index contributed by atoms with van der Waals surface area (Å²) in [5.41, 5.74) is 4.20. The van der Waals surface area contributed by atoms with E-state index in [-0.39, 0.29) is 30.6 Å². The molecule has 0 aliphatic carbocycles. The third kappa shape index (κ3) is 9.89. The normalized spacial score (nSPS) is 13.4. The van der Waals surface area contributed by atoms with Crippen molar-refractivity contribution < 1.29 is 22.7 Å². The molecule has 2 amide bonds. The Morgan fingerprint density at radius 3 is 2.19 bits per heavy atom. The molecule has 0 radical (unpaired) electrons. The maximum atomic E-state index is 12.6. The Labute approximate surface area is 215 Å². The zero-order chi connectivity index (χ0) is 27.1. The second-order valence-corrected chi connectivity index (χ2v) is 12.2. The summed E-state index contributed by atoms with van der Waals surface area (Å²) < 4.78 is 30.7. The minimum Gasteiger partial charge on any atom is -0.465 e. The van der Waals surface area contributed by atoms with Crippen molar-refractivity contribution in [2.24, 2.45) is 11.3 Å². The van der Waals surface area contributed by atoms with Crippen LogP contribution >= 0.6 is 0 Å². The fourth-order valence-electron chi connectivity index (χ4n) is 3.49. The molecule has 0 heterocycles. The van der Waals surface area contributed by atoms with Gasteiger partial charge in [-0.15, -0.1) is 0 Å². The van der Waals surface area contributed by atoms with Crippen molar-refractivity contribution in [1.29, 1.82) is 0 Å². The number of carbonyl (C=O) groups is 2. The highest BCUT2D eigenvalue weighted by Crippen LogP contribution is 2.19. The number of aryl methyl sites for hydroxylation is 2. The number of amides is 2. The van der Waals surface area contributed by atoms with Crippen molar-refractivity contribution in [3.05, 3.63) is 64.7 Å². The number of esters is 1. The Kier molecular flexibility index (Phi) is 9.93. The summed E-state index contributed by atoms with van der Waals surface area (Å²) in [4.78, 5) is 24.9. The highest BCUT2D eigenvalue weighted by atomic mass is 32.2. The summed E-state index contributed by atoms with van der Waals surface area (Å²) in [6.45, 7) is 11.9. The molecule has 0 aromatic heterocycles. The summed E-state index contributed by atoms with van der Waals surface area (Å²) in [7, 11) is -3.35. The number of urea groups is 1. The smallest absolute Gasteiger partial charge is 0.315 e. The van der Waals surface area contributed by atoms with Crippen LogP contribution in [0.4, 0.5) is 10.5 Å². The van der Waals surface area contributed by atoms with Gasteiger partial charge in [0.1, 0.15) is 0 Å². The first-order valence-corrected chi connectivity index (χ1v) is 13.9. The van der Waals surface area contributed by atoms with Crippen molar-refractivity contribution in [1.82, 2.24) is 10.6 Å². The van der Waals surface area contributed by atoms with Crippen LogP contribution in [0.5, 0.6) is 0 Å². The van der Waals surface area contributed by atoms with Gasteiger partial charge in [0.15, 0.2) is 0 Å². The van der Waals surface area contributed by atoms with Gasteiger partial charge in [0.2, 0.25) is 10.0 Å². The van der Waals surface area contributed by atoms with E-state index < -0.39 is 15.4 Å². The van der Waals surface area contributed by atoms with E-state index in [2.05, 4.69) is 47.4 Å². The molecule has 2 aromatic carbocycles. The average Bonchev–Trinajstić information content (AvgIpc) is 2.76. The first-order chi connectivity index (χ1) is 16.6. The maximum Gasteiger partial charge on any atom is 0.315 e. The minimum atomic E-state index is -3.35. The Balaban J connectivity index is 1.99. The number of nitrogens with one attached hydrogen (secondary N) is 3. The molecule has 0 aliphatic heterocycles. The summed E-state index contributed by atoms with van der Waals surface area (Å²) in [5.74, 6) is -0.375. The summed E-state index contributed by atoms with van der Waals surface area (Å²) >= 11 is 0. The van der Waals surface area contributed by atoms with Crippen LogP contribution in [0.15, 0.2) is 42.5 Å². The number of benzene rings is 2. The molecular formula is C27H39N3O5S. The van der Waals surface area contributed by atoms with E-state index in [0.717, 1.165) is 17.4 Å². The van der Waals surface area contributed by atoms with Gasteiger partial charge in [0, 0.05) is 18.2 Å². The Morgan fingerprint density at radius 2 is 1.64 bits per heavy atom. The van der Waals surface area contributed by atoms with E-state index in [9.17, 15) is 18.0 Å². The standard InChI is InChI=1S/C27H39N3O5S/c1-18-8-9-21(14-19(18)2)15-22(17-35-25(31)27(4,5)6)16-28-26(32)29-20(3)23-10-12-24(13-11-23)30-36(7,33)34/h8-14,20,22,30H,15-17H2,1-7H3,(H2,28,29,32)/t20-,22?/m1/s1. The third-order valence-electron chi connectivity index (χ3n) is 5.77. The molecule has 0 fully saturated rings. The van der Waals surface area contributed by atoms with Gasteiger partial charge in [-0.3, -0.25) is 9.52 Å². The van der Waals surface area contributed by atoms with Crippen LogP contribution in [0.1, 0.15) is 56.0 Å². The molecular weight excluding hydrogens is 478 g/mol. The van der Waals surface area contributed by atoms with Crippen molar-refractivity contribution in [3.8, 4) is 0 Å². The van der Waals surface area contributed by atoms with Gasteiger partial charge in [-0.2, -0.15) is 0 Å². The van der Waals surface area contributed by atoms with Gasteiger partial charge >= 0.3 is 12.0 Å². The number of carbonyl (C=O) groups excluding carboxylic acids is 2. The SMILES string of the molecule is Cc1ccc(CC(CNC(=O)N[C@H](C)c2ccc(NS(C)(=O)=O)cc2)COC(=O)C(C)(C)C)cc1C. The lowest BCUT2D eigenvalue weighted by Crippen LogP contribution is -2.41. The lowest BCUT2D eigenvalue weighted by Gasteiger charge is -2.23. The Bertz CT molecular complexity index is 1150. The second-order valence-electron chi connectivity index (χ2n) is 10.4. The number of sulfonamides is 1. The van der Waals surface area contributed by atoms with E-state index in [1.54, 1.807) is 24.3 Å². The topological polar surface area (TPSA) is 114 Å². The number of hydrogen-bond acceptors (Lipinski definition) is 5. The molecule has 198 valence electrons. The number of anilines is 1. The van der Waals surface area contributed by atoms with Gasteiger partial charge in [-0.1, -0.05) is 30.3 Å². The molecule has 0 saturated carbocycles. The van der Waals surface area contributed by atoms with E-state index in [1.807, 2.05) is 27.7 Å². The van der Waals surface area contributed by atoms with Crippen LogP contribution in [0, 0.1) is 25.2 Å². The molecule has 0 bridgehead atoms. The summed E-state index contributed by atoms with van der Waals surface area (Å²) in [6, 6.07) is 12.4. The summed E-state index contributed by atoms with van der Waals surface area (Å²) in [6.07, 6.45) is 1.75. The van der Waals surface area contributed by atoms with E-state index in [0.29, 0.717) is 18.7 Å². The van der Waals surface area contributed by atoms with Crippen LogP contribution in [-0.4, -0.2) is 39.8 Å². The van der Waals surface area contributed by atoms with Gasteiger partial charge in [-0.05, 0) is 82.3 Å². The number of rotatable bonds is 10. The van der Waals surface area contributed by atoms with Crippen molar-refractivity contribution in [2.45, 2.75) is 54.0 Å². The first kappa shape index (κ1) is 29.2. The van der Waals surface area contributed by atoms with Crippen LogP contribution in [0.25, 0.3) is 0 Å². The highest BCUT2D eigenvalue weighted by Gasteiger charge is 2.24. The molecule has 9 heteroatoms. The van der Waals surface area contributed by atoms with Crippen LogP contribution in [0.3, 0.4) is 0 Å². The van der Waals surface area contributed by atoms with Gasteiger partial charge < -0.3 is 15.4 Å². The van der Waals surface area contributed by atoms with Gasteiger partial charge in [0.25, 0.3) is 0 Å². The Hall–Kier alpha value is -3.07. The zero-order valence-corrected chi connectivity index (χ0v) is 23.1. The molecule has 3 N–H and O–H groups in total. The fourth-order valence-corrected chi connectivity index (χ4v) is 4.05. The minimum absolute atomic E-state index is 0.0965. The van der Waals surface area contributed by atoms with Crippen LogP contribution in [-0.2, 0) is 26.0 Å². The zero-order valence-electron chi connectivity index (χ0n) is 22.3. The lowest BCUT2D eigenvalue weighted by molar-refractivity contribution is -0.154. The molecule has 2 atom stereocenters. The predicted octanol–water partition coefficient (Wildman–Crippen LogP) is 4.48. The maximum absolute atomic E-state index is 12.6. The quantitative estimate of drug-likeness (QED) is 0.402. The highest BCUT2D eigenvalue weighted by molar-refractivity contribution is 7.92. The van der Waals surface area contributed by atoms with Crippen molar-refractivity contribution in [2.75, 3.05) is 24.1 Å². The van der Waals surface area contributed by atoms with Gasteiger partial charge in [0.05, 0.1) is 24.3 Å². The molecule has 8 nitrogen and oxygen atoms in total. The number of hydrogen-bond donors (Lipinski definition) is 3. The monoisotopic (exact) mass is 517 g/mol. The predicted molar refractivity (Wildman–Crippen MR) is 143 cm³/mol. The summed E-state index contributed by atoms with van der Waals surface area (Å²) in [5, 5.41) is 5.79. The molecule has 2 aromatic rings. The van der Waals surface area contributed by atoms with Crippen LogP contribution < -0.4 is 15.4 Å². The van der Waals surface area contributed by atoms with Crippen LogP contribution in [0.2, 0.25) is 0 Å². The van der Waals surface area contributed by atoms with Crippen molar-refractivity contribution >= 4 is 27.7 Å². The molecule has 1 unspecified atom stereocenters. The largest absolute Gasteiger partial charge is 0.465 e. The lowest BCUT2D eigenvalue weighted by atomic mass is 9.96. The second kappa shape index (κ2) is 12.3. The third-order valence-corrected chi connectivity index (χ3v) is 6.38. The average molecular weight is 518 g/mol. The van der Waals surface area contributed by atoms with E-state index in [4.69, 9.17) is 4.74 Å². The van der Waals surface area contributed by atoms with Crippen molar-refractivity contribution in [3.63, 3.8) is 0 Å². The molecule has 0 spiro atoms. The van der Waals surface area contributed by atoms with E-state index >= 15 is 0 Å². The fraction of sp³-hybridized carbons (Fsp3) is 0.481. The number of ether oxygens (including phenoxy) is 1. The molecule has 2 rings (SSSR count). The first-order valence-electron chi connectivity index (χ1n) is 12.0. The molecule has 0 saturated heterocycles. The molecule has 0 aliphatic rings. The molecule has 36 heavy (non-hydrogen) atoms. The van der Waals surface area contributed by atoms with Gasteiger partial charge in [-0.25, -0.2) is 13.2 Å².